The molecule has 0 aliphatic carbocycles. The van der Waals surface area contributed by atoms with Crippen LogP contribution in [-0.2, 0) is 16.1 Å². The summed E-state index contributed by atoms with van der Waals surface area (Å²) in [7, 11) is 0. The van der Waals surface area contributed by atoms with Crippen LogP contribution < -0.4 is 10.2 Å². The SMILES string of the molecule is CC1NC(OCc2ccc(F)cc2F)=CC(=O)N1c1ccc(O)cc1Cl. The van der Waals surface area contributed by atoms with Crippen molar-refractivity contribution in [2.45, 2.75) is 19.7 Å². The van der Waals surface area contributed by atoms with E-state index in [1.807, 2.05) is 0 Å². The third-order valence-electron chi connectivity index (χ3n) is 3.82. The second-order valence-electron chi connectivity index (χ2n) is 5.70. The minimum Gasteiger partial charge on any atom is -0.508 e. The van der Waals surface area contributed by atoms with Crippen molar-refractivity contribution in [1.29, 1.82) is 0 Å². The van der Waals surface area contributed by atoms with Crippen LogP contribution in [0.15, 0.2) is 48.4 Å². The summed E-state index contributed by atoms with van der Waals surface area (Å²) >= 11 is 6.10. The lowest BCUT2D eigenvalue weighted by atomic mass is 10.2. The van der Waals surface area contributed by atoms with Gasteiger partial charge in [-0.2, -0.15) is 0 Å². The third kappa shape index (κ3) is 3.72. The van der Waals surface area contributed by atoms with Crippen LogP contribution in [0.2, 0.25) is 5.02 Å². The number of nitrogens with zero attached hydrogens (tertiary/aromatic N) is 1. The lowest BCUT2D eigenvalue weighted by molar-refractivity contribution is -0.115. The van der Waals surface area contributed by atoms with E-state index < -0.39 is 23.7 Å². The number of carbonyl (C=O) groups is 1. The van der Waals surface area contributed by atoms with E-state index in [0.717, 1.165) is 12.1 Å². The van der Waals surface area contributed by atoms with Gasteiger partial charge in [-0.05, 0) is 31.2 Å². The molecule has 1 aliphatic rings. The lowest BCUT2D eigenvalue weighted by Crippen LogP contribution is -2.50. The Morgan fingerprint density at radius 3 is 2.69 bits per heavy atom. The molecule has 2 aromatic carbocycles. The van der Waals surface area contributed by atoms with Crippen LogP contribution in [0.1, 0.15) is 12.5 Å². The highest BCUT2D eigenvalue weighted by Gasteiger charge is 2.28. The maximum absolute atomic E-state index is 13.6. The minimum absolute atomic E-state index is 0.00953. The van der Waals surface area contributed by atoms with Gasteiger partial charge in [0.05, 0.1) is 16.8 Å². The highest BCUT2D eigenvalue weighted by molar-refractivity contribution is 6.34. The van der Waals surface area contributed by atoms with Crippen molar-refractivity contribution in [3.05, 3.63) is 70.6 Å². The van der Waals surface area contributed by atoms with Crippen molar-refractivity contribution in [3.8, 4) is 5.75 Å². The number of phenols is 1. The van der Waals surface area contributed by atoms with Crippen LogP contribution in [0.4, 0.5) is 14.5 Å². The molecule has 1 amide bonds. The van der Waals surface area contributed by atoms with Crippen molar-refractivity contribution < 1.29 is 23.4 Å². The Hall–Kier alpha value is -2.80. The maximum atomic E-state index is 13.6. The number of carbonyl (C=O) groups excluding carboxylic acids is 1. The number of nitrogens with one attached hydrogen (secondary N) is 1. The van der Waals surface area contributed by atoms with E-state index in [-0.39, 0.29) is 28.8 Å². The summed E-state index contributed by atoms with van der Waals surface area (Å²) < 4.78 is 32.0. The van der Waals surface area contributed by atoms with Gasteiger partial charge in [0.15, 0.2) is 5.88 Å². The summed E-state index contributed by atoms with van der Waals surface area (Å²) in [5.74, 6) is -1.63. The number of halogens is 3. The zero-order chi connectivity index (χ0) is 18.8. The van der Waals surface area contributed by atoms with E-state index in [1.54, 1.807) is 6.92 Å². The Balaban J connectivity index is 1.75. The van der Waals surface area contributed by atoms with Gasteiger partial charge in [-0.1, -0.05) is 11.6 Å². The number of aromatic hydroxyl groups is 1. The van der Waals surface area contributed by atoms with Crippen molar-refractivity contribution in [1.82, 2.24) is 5.32 Å². The molecule has 136 valence electrons. The van der Waals surface area contributed by atoms with E-state index in [1.165, 1.54) is 35.2 Å². The molecule has 8 heteroatoms. The molecular formula is C18H15ClF2N2O3. The molecule has 0 fully saturated rings. The maximum Gasteiger partial charge on any atom is 0.258 e. The molecule has 0 bridgehead atoms. The average molecular weight is 381 g/mol. The summed E-state index contributed by atoms with van der Waals surface area (Å²) in [6.07, 6.45) is 0.715. The van der Waals surface area contributed by atoms with Crippen molar-refractivity contribution in [2.75, 3.05) is 4.90 Å². The number of hydrogen-bond acceptors (Lipinski definition) is 4. The van der Waals surface area contributed by atoms with Gasteiger partial charge >= 0.3 is 0 Å². The quantitative estimate of drug-likeness (QED) is 0.849. The Labute approximate surface area is 153 Å². The molecule has 26 heavy (non-hydrogen) atoms. The van der Waals surface area contributed by atoms with Crippen LogP contribution >= 0.6 is 11.6 Å². The van der Waals surface area contributed by atoms with Crippen LogP contribution in [0.3, 0.4) is 0 Å². The van der Waals surface area contributed by atoms with Crippen LogP contribution in [0.25, 0.3) is 0 Å². The molecule has 2 N–H and O–H groups in total. The predicted molar refractivity (Wildman–Crippen MR) is 92.4 cm³/mol. The largest absolute Gasteiger partial charge is 0.508 e. The molecule has 1 aliphatic heterocycles. The fraction of sp³-hybridized carbons (Fsp3) is 0.167. The molecule has 0 spiro atoms. The summed E-state index contributed by atoms with van der Waals surface area (Å²) in [5.41, 5.74) is 0.590. The zero-order valence-corrected chi connectivity index (χ0v) is 14.4. The highest BCUT2D eigenvalue weighted by atomic mass is 35.5. The first-order chi connectivity index (χ1) is 12.3. The van der Waals surface area contributed by atoms with Crippen LogP contribution in [0, 0.1) is 11.6 Å². The van der Waals surface area contributed by atoms with Crippen molar-refractivity contribution in [2.24, 2.45) is 0 Å². The number of phenolic OH excluding ortho intramolecular Hbond substituents is 1. The Bertz CT molecular complexity index is 889. The number of amides is 1. The normalized spacial score (nSPS) is 16.9. The van der Waals surface area contributed by atoms with Gasteiger partial charge in [-0.25, -0.2) is 8.78 Å². The Kier molecular flexibility index (Phi) is 4.99. The summed E-state index contributed by atoms with van der Waals surface area (Å²) in [4.78, 5) is 13.9. The van der Waals surface area contributed by atoms with E-state index in [2.05, 4.69) is 5.32 Å². The van der Waals surface area contributed by atoms with Gasteiger partial charge in [0.2, 0.25) is 0 Å². The number of hydrogen-bond donors (Lipinski definition) is 2. The molecule has 5 nitrogen and oxygen atoms in total. The van der Waals surface area contributed by atoms with E-state index in [4.69, 9.17) is 16.3 Å². The first-order valence-corrected chi connectivity index (χ1v) is 8.09. The monoisotopic (exact) mass is 380 g/mol. The molecule has 1 unspecified atom stereocenters. The van der Waals surface area contributed by atoms with E-state index >= 15 is 0 Å². The van der Waals surface area contributed by atoms with Gasteiger partial charge in [0, 0.05) is 17.7 Å². The second-order valence-corrected chi connectivity index (χ2v) is 6.10. The molecule has 3 rings (SSSR count). The summed E-state index contributed by atoms with van der Waals surface area (Å²) in [5, 5.41) is 12.6. The molecule has 0 saturated heterocycles. The number of benzene rings is 2. The number of ether oxygens (including phenoxy) is 1. The predicted octanol–water partition coefficient (Wildman–Crippen LogP) is 3.66. The van der Waals surface area contributed by atoms with Gasteiger partial charge in [-0.3, -0.25) is 9.69 Å². The van der Waals surface area contributed by atoms with Gasteiger partial charge in [-0.15, -0.1) is 0 Å². The smallest absolute Gasteiger partial charge is 0.258 e. The fourth-order valence-electron chi connectivity index (χ4n) is 2.58. The molecule has 1 atom stereocenters. The number of rotatable bonds is 4. The number of anilines is 1. The first kappa shape index (κ1) is 18.0. The molecular weight excluding hydrogens is 366 g/mol. The van der Waals surface area contributed by atoms with Gasteiger partial charge < -0.3 is 15.2 Å². The molecule has 2 aromatic rings. The van der Waals surface area contributed by atoms with Gasteiger partial charge in [0.1, 0.15) is 30.2 Å². The van der Waals surface area contributed by atoms with Crippen LogP contribution in [0.5, 0.6) is 5.75 Å². The molecule has 0 aromatic heterocycles. The molecule has 0 saturated carbocycles. The average Bonchev–Trinajstić information content (AvgIpc) is 2.55. The Morgan fingerprint density at radius 1 is 1.27 bits per heavy atom. The highest BCUT2D eigenvalue weighted by Crippen LogP contribution is 2.31. The summed E-state index contributed by atoms with van der Waals surface area (Å²) in [6, 6.07) is 7.47. The van der Waals surface area contributed by atoms with Crippen LogP contribution in [-0.4, -0.2) is 17.2 Å². The minimum atomic E-state index is -0.724. The van der Waals surface area contributed by atoms with E-state index in [0.29, 0.717) is 5.69 Å². The second kappa shape index (κ2) is 7.21. The lowest BCUT2D eigenvalue weighted by Gasteiger charge is -2.34. The van der Waals surface area contributed by atoms with Crippen molar-refractivity contribution in [3.63, 3.8) is 0 Å². The molecule has 0 radical (unpaired) electrons. The topological polar surface area (TPSA) is 61.8 Å². The van der Waals surface area contributed by atoms with E-state index in [9.17, 15) is 18.7 Å². The zero-order valence-electron chi connectivity index (χ0n) is 13.7. The fourth-order valence-corrected chi connectivity index (χ4v) is 2.85. The molecule has 1 heterocycles. The third-order valence-corrected chi connectivity index (χ3v) is 4.12. The summed E-state index contributed by atoms with van der Waals surface area (Å²) in [6.45, 7) is 1.56. The van der Waals surface area contributed by atoms with Crippen molar-refractivity contribution >= 4 is 23.2 Å². The Morgan fingerprint density at radius 2 is 2.04 bits per heavy atom. The first-order valence-electron chi connectivity index (χ1n) is 7.72. The standard InChI is InChI=1S/C18H15ClF2N2O3/c1-10-22-17(26-9-11-2-3-12(20)6-15(11)21)8-18(25)23(10)16-5-4-13(24)7-14(16)19/h2-8,10,22,24H,9H2,1H3. The van der Waals surface area contributed by atoms with Gasteiger partial charge in [0.25, 0.3) is 5.91 Å².